The van der Waals surface area contributed by atoms with Crippen LogP contribution < -0.4 is 18.9 Å². The minimum Gasteiger partial charge on any atom is -0.493 e. The fraction of sp³-hybridized carbons (Fsp3) is 0.348. The van der Waals surface area contributed by atoms with Crippen molar-refractivity contribution in [2.75, 3.05) is 14.2 Å². The van der Waals surface area contributed by atoms with Crippen LogP contribution in [0.5, 0.6) is 23.0 Å². The van der Waals surface area contributed by atoms with Crippen molar-refractivity contribution in [2.45, 2.75) is 25.7 Å². The first-order valence-electron chi connectivity index (χ1n) is 9.92. The number of esters is 2. The van der Waals surface area contributed by atoms with E-state index in [1.54, 1.807) is 24.3 Å². The van der Waals surface area contributed by atoms with Crippen molar-refractivity contribution < 1.29 is 38.1 Å². The second kappa shape index (κ2) is 10.5. The number of methoxy groups -OCH3 is 2. The normalized spacial score (nSPS) is 17.9. The van der Waals surface area contributed by atoms with Crippen LogP contribution in [-0.2, 0) is 14.3 Å². The number of para-hydroxylation sites is 1. The topological polar surface area (TPSA) is 97.4 Å². The standard InChI is InChI=1S/C23H24O8/c1-27-20-14-18(30-23(26)28-2)12-13-19(20)31-22(25)16-10-8-15(9-11-16)21(24)29-17-6-4-3-5-7-17/h3-7,12-16H,8-11H2,1-2H3/t15-,16-. The molecule has 0 unspecified atom stereocenters. The molecule has 0 amide bonds. The van der Waals surface area contributed by atoms with Gasteiger partial charge in [-0.1, -0.05) is 18.2 Å². The summed E-state index contributed by atoms with van der Waals surface area (Å²) >= 11 is 0. The molecule has 0 aromatic heterocycles. The van der Waals surface area contributed by atoms with Crippen LogP contribution in [0, 0.1) is 11.8 Å². The summed E-state index contributed by atoms with van der Waals surface area (Å²) < 4.78 is 25.5. The summed E-state index contributed by atoms with van der Waals surface area (Å²) in [6.07, 6.45) is 1.29. The fourth-order valence-electron chi connectivity index (χ4n) is 3.38. The predicted octanol–water partition coefficient (Wildman–Crippen LogP) is 4.16. The smallest absolute Gasteiger partial charge is 0.493 e. The van der Waals surface area contributed by atoms with E-state index in [0.717, 1.165) is 0 Å². The molecule has 164 valence electrons. The first-order valence-corrected chi connectivity index (χ1v) is 9.92. The van der Waals surface area contributed by atoms with Crippen molar-refractivity contribution in [3.8, 4) is 23.0 Å². The summed E-state index contributed by atoms with van der Waals surface area (Å²) in [5.41, 5.74) is 0. The van der Waals surface area contributed by atoms with E-state index in [9.17, 15) is 14.4 Å². The van der Waals surface area contributed by atoms with Crippen LogP contribution in [0.3, 0.4) is 0 Å². The zero-order chi connectivity index (χ0) is 22.2. The fourth-order valence-corrected chi connectivity index (χ4v) is 3.38. The number of hydrogen-bond acceptors (Lipinski definition) is 8. The van der Waals surface area contributed by atoms with Crippen LogP contribution in [0.15, 0.2) is 48.5 Å². The number of rotatable bonds is 6. The predicted molar refractivity (Wildman–Crippen MR) is 109 cm³/mol. The average molecular weight is 428 g/mol. The Morgan fingerprint density at radius 3 is 1.90 bits per heavy atom. The molecule has 31 heavy (non-hydrogen) atoms. The van der Waals surface area contributed by atoms with Crippen LogP contribution in [0.1, 0.15) is 25.7 Å². The molecule has 0 N–H and O–H groups in total. The van der Waals surface area contributed by atoms with Gasteiger partial charge in [-0.15, -0.1) is 0 Å². The van der Waals surface area contributed by atoms with Crippen molar-refractivity contribution >= 4 is 18.1 Å². The number of carbonyl (C=O) groups is 3. The summed E-state index contributed by atoms with van der Waals surface area (Å²) in [6, 6.07) is 13.3. The van der Waals surface area contributed by atoms with Gasteiger partial charge in [-0.25, -0.2) is 4.79 Å². The lowest BCUT2D eigenvalue weighted by Gasteiger charge is -2.26. The Bertz CT molecular complexity index is 916. The Labute approximate surface area is 180 Å². The average Bonchev–Trinajstić information content (AvgIpc) is 2.80. The van der Waals surface area contributed by atoms with Gasteiger partial charge in [0.1, 0.15) is 11.5 Å². The van der Waals surface area contributed by atoms with Crippen molar-refractivity contribution in [2.24, 2.45) is 11.8 Å². The molecule has 0 aliphatic heterocycles. The van der Waals surface area contributed by atoms with Crippen LogP contribution in [0.4, 0.5) is 4.79 Å². The van der Waals surface area contributed by atoms with Crippen LogP contribution >= 0.6 is 0 Å². The van der Waals surface area contributed by atoms with E-state index in [0.29, 0.717) is 31.4 Å². The van der Waals surface area contributed by atoms with Crippen LogP contribution in [-0.4, -0.2) is 32.3 Å². The molecule has 1 aliphatic carbocycles. The zero-order valence-electron chi connectivity index (χ0n) is 17.4. The number of carbonyl (C=O) groups excluding carboxylic acids is 3. The largest absolute Gasteiger partial charge is 0.513 e. The molecule has 0 bridgehead atoms. The highest BCUT2D eigenvalue weighted by Gasteiger charge is 2.32. The second-order valence-electron chi connectivity index (χ2n) is 7.07. The Hall–Kier alpha value is -3.55. The molecule has 1 fully saturated rings. The molecular formula is C23H24O8. The monoisotopic (exact) mass is 428 g/mol. The molecular weight excluding hydrogens is 404 g/mol. The maximum absolute atomic E-state index is 12.6. The lowest BCUT2D eigenvalue weighted by molar-refractivity contribution is -0.145. The van der Waals surface area contributed by atoms with E-state index < -0.39 is 12.1 Å². The third-order valence-electron chi connectivity index (χ3n) is 5.07. The maximum Gasteiger partial charge on any atom is 0.513 e. The lowest BCUT2D eigenvalue weighted by atomic mass is 9.82. The van der Waals surface area contributed by atoms with Gasteiger partial charge in [0.05, 0.1) is 26.1 Å². The molecule has 1 aliphatic rings. The number of ether oxygens (including phenoxy) is 5. The SMILES string of the molecule is COC(=O)Oc1ccc(OC(=O)[C@H]2CC[C@H](C(=O)Oc3ccccc3)CC2)c(OC)c1. The molecule has 0 heterocycles. The van der Waals surface area contributed by atoms with E-state index in [1.807, 2.05) is 6.07 Å². The number of benzene rings is 2. The van der Waals surface area contributed by atoms with Gasteiger partial charge in [0.25, 0.3) is 0 Å². The maximum atomic E-state index is 12.6. The highest BCUT2D eigenvalue weighted by Crippen LogP contribution is 2.35. The van der Waals surface area contributed by atoms with E-state index in [-0.39, 0.29) is 35.1 Å². The third-order valence-corrected chi connectivity index (χ3v) is 5.07. The van der Waals surface area contributed by atoms with E-state index in [4.69, 9.17) is 18.9 Å². The molecule has 1 saturated carbocycles. The molecule has 8 heteroatoms. The van der Waals surface area contributed by atoms with Gasteiger partial charge in [-0.05, 0) is 49.9 Å². The van der Waals surface area contributed by atoms with Crippen molar-refractivity contribution in [1.29, 1.82) is 0 Å². The molecule has 0 spiro atoms. The minimum absolute atomic E-state index is 0.195. The minimum atomic E-state index is -0.866. The van der Waals surface area contributed by atoms with E-state index in [2.05, 4.69) is 4.74 Å². The Balaban J connectivity index is 1.54. The van der Waals surface area contributed by atoms with Gasteiger partial charge in [0, 0.05) is 6.07 Å². The first kappa shape index (κ1) is 22.1. The molecule has 8 nitrogen and oxygen atoms in total. The summed E-state index contributed by atoms with van der Waals surface area (Å²) in [7, 11) is 2.62. The lowest BCUT2D eigenvalue weighted by Crippen LogP contribution is -2.30. The highest BCUT2D eigenvalue weighted by molar-refractivity contribution is 5.78. The van der Waals surface area contributed by atoms with Gasteiger partial charge < -0.3 is 23.7 Å². The molecule has 2 aromatic carbocycles. The van der Waals surface area contributed by atoms with Crippen molar-refractivity contribution in [3.05, 3.63) is 48.5 Å². The highest BCUT2D eigenvalue weighted by atomic mass is 16.7. The Morgan fingerprint density at radius 1 is 0.710 bits per heavy atom. The van der Waals surface area contributed by atoms with Crippen molar-refractivity contribution in [3.63, 3.8) is 0 Å². The van der Waals surface area contributed by atoms with E-state index in [1.165, 1.54) is 32.4 Å². The molecule has 0 radical (unpaired) electrons. The van der Waals surface area contributed by atoms with Gasteiger partial charge in [-0.2, -0.15) is 0 Å². The molecule has 0 saturated heterocycles. The quantitative estimate of drug-likeness (QED) is 0.384. The van der Waals surface area contributed by atoms with Crippen molar-refractivity contribution in [1.82, 2.24) is 0 Å². The summed E-state index contributed by atoms with van der Waals surface area (Å²) in [5.74, 6) is -0.0624. The van der Waals surface area contributed by atoms with Crippen LogP contribution in [0.25, 0.3) is 0 Å². The molecule has 0 atom stereocenters. The molecule has 2 aromatic rings. The van der Waals surface area contributed by atoms with Crippen LogP contribution in [0.2, 0.25) is 0 Å². The summed E-state index contributed by atoms with van der Waals surface area (Å²) in [6.45, 7) is 0. The zero-order valence-corrected chi connectivity index (χ0v) is 17.4. The summed E-state index contributed by atoms with van der Waals surface area (Å²) in [5, 5.41) is 0. The van der Waals surface area contributed by atoms with Gasteiger partial charge in [0.15, 0.2) is 11.5 Å². The van der Waals surface area contributed by atoms with E-state index >= 15 is 0 Å². The Morgan fingerprint density at radius 2 is 1.32 bits per heavy atom. The third kappa shape index (κ3) is 5.97. The van der Waals surface area contributed by atoms with Gasteiger partial charge in [0.2, 0.25) is 0 Å². The van der Waals surface area contributed by atoms with Gasteiger partial charge >= 0.3 is 18.1 Å². The molecule has 3 rings (SSSR count). The Kier molecular flexibility index (Phi) is 7.48. The second-order valence-corrected chi connectivity index (χ2v) is 7.07. The first-order chi connectivity index (χ1) is 15.0. The number of hydrogen-bond donors (Lipinski definition) is 0. The van der Waals surface area contributed by atoms with Gasteiger partial charge in [-0.3, -0.25) is 9.59 Å². The summed E-state index contributed by atoms with van der Waals surface area (Å²) in [4.78, 5) is 36.2.